The zero-order chi connectivity index (χ0) is 16.4. The third kappa shape index (κ3) is 6.27. The molecule has 22 heavy (non-hydrogen) atoms. The van der Waals surface area contributed by atoms with Crippen molar-refractivity contribution in [3.05, 3.63) is 28.8 Å². The first-order valence-electron chi connectivity index (χ1n) is 8.13. The van der Waals surface area contributed by atoms with E-state index in [9.17, 15) is 4.79 Å². The molecule has 0 radical (unpaired) electrons. The molecule has 1 unspecified atom stereocenters. The summed E-state index contributed by atoms with van der Waals surface area (Å²) >= 11 is 6.06. The van der Waals surface area contributed by atoms with E-state index >= 15 is 0 Å². The molecule has 1 rings (SSSR count). The Labute approximate surface area is 139 Å². The lowest BCUT2D eigenvalue weighted by Crippen LogP contribution is -2.04. The van der Waals surface area contributed by atoms with Crippen molar-refractivity contribution in [2.45, 2.75) is 52.4 Å². The summed E-state index contributed by atoms with van der Waals surface area (Å²) in [5, 5.41) is 0.360. The standard InChI is InChI=1S/C18H27ClO3/c1-4-8-14(5-2)9-6-7-12-22-15-10-11-16(17(19)13-15)18(20)21-3/h10-11,13-14H,4-9,12H2,1-3H3. The summed E-state index contributed by atoms with van der Waals surface area (Å²) in [6.45, 7) is 5.19. The van der Waals surface area contributed by atoms with Gasteiger partial charge in [0.1, 0.15) is 5.75 Å². The van der Waals surface area contributed by atoms with Crippen molar-refractivity contribution in [3.8, 4) is 5.75 Å². The van der Waals surface area contributed by atoms with Crippen LogP contribution in [0.25, 0.3) is 0 Å². The maximum absolute atomic E-state index is 11.4. The van der Waals surface area contributed by atoms with Gasteiger partial charge in [0.25, 0.3) is 0 Å². The molecule has 0 fully saturated rings. The number of hydrogen-bond donors (Lipinski definition) is 0. The minimum absolute atomic E-state index is 0.360. The molecule has 0 aliphatic heterocycles. The molecule has 0 aliphatic carbocycles. The second-order valence-corrected chi connectivity index (χ2v) is 5.95. The van der Waals surface area contributed by atoms with Gasteiger partial charge in [0.2, 0.25) is 0 Å². The number of hydrogen-bond acceptors (Lipinski definition) is 3. The van der Waals surface area contributed by atoms with Gasteiger partial charge in [-0.3, -0.25) is 0 Å². The van der Waals surface area contributed by atoms with Crippen LogP contribution in [0.5, 0.6) is 5.75 Å². The highest BCUT2D eigenvalue weighted by atomic mass is 35.5. The molecule has 0 heterocycles. The molecule has 0 spiro atoms. The van der Waals surface area contributed by atoms with Crippen LogP contribution in [0.15, 0.2) is 18.2 Å². The van der Waals surface area contributed by atoms with Gasteiger partial charge in [-0.15, -0.1) is 0 Å². The molecule has 0 bridgehead atoms. The first kappa shape index (κ1) is 18.8. The third-order valence-corrected chi connectivity index (χ3v) is 4.21. The van der Waals surface area contributed by atoms with Gasteiger partial charge in [0.05, 0.1) is 24.3 Å². The van der Waals surface area contributed by atoms with Crippen LogP contribution in [0, 0.1) is 5.92 Å². The van der Waals surface area contributed by atoms with Crippen LogP contribution in [0.2, 0.25) is 5.02 Å². The highest BCUT2D eigenvalue weighted by Crippen LogP contribution is 2.24. The number of rotatable bonds is 10. The number of benzene rings is 1. The first-order valence-corrected chi connectivity index (χ1v) is 8.50. The van der Waals surface area contributed by atoms with Crippen molar-refractivity contribution < 1.29 is 14.3 Å². The molecular formula is C18H27ClO3. The average Bonchev–Trinajstić information content (AvgIpc) is 2.53. The molecule has 1 atom stereocenters. The second-order valence-electron chi connectivity index (χ2n) is 5.54. The number of halogens is 1. The Morgan fingerprint density at radius 2 is 2.00 bits per heavy atom. The number of esters is 1. The summed E-state index contributed by atoms with van der Waals surface area (Å²) in [6.07, 6.45) is 7.35. The molecule has 1 aromatic rings. The van der Waals surface area contributed by atoms with Gasteiger partial charge in [-0.2, -0.15) is 0 Å². The van der Waals surface area contributed by atoms with Crippen LogP contribution in [0.3, 0.4) is 0 Å². The zero-order valence-corrected chi connectivity index (χ0v) is 14.6. The van der Waals surface area contributed by atoms with Gasteiger partial charge >= 0.3 is 5.97 Å². The Kier molecular flexibility index (Phi) is 8.98. The monoisotopic (exact) mass is 326 g/mol. The van der Waals surface area contributed by atoms with E-state index in [-0.39, 0.29) is 0 Å². The molecule has 0 aliphatic rings. The van der Waals surface area contributed by atoms with Crippen molar-refractivity contribution in [2.24, 2.45) is 5.92 Å². The van der Waals surface area contributed by atoms with E-state index in [1.807, 2.05) is 0 Å². The minimum atomic E-state index is -0.432. The molecule has 0 aromatic heterocycles. The van der Waals surface area contributed by atoms with Crippen molar-refractivity contribution in [1.82, 2.24) is 0 Å². The van der Waals surface area contributed by atoms with E-state index in [1.54, 1.807) is 18.2 Å². The number of unbranched alkanes of at least 4 members (excludes halogenated alkanes) is 1. The van der Waals surface area contributed by atoms with Crippen molar-refractivity contribution >= 4 is 17.6 Å². The van der Waals surface area contributed by atoms with Gasteiger partial charge in [0, 0.05) is 0 Å². The fraction of sp³-hybridized carbons (Fsp3) is 0.611. The van der Waals surface area contributed by atoms with E-state index < -0.39 is 5.97 Å². The summed E-state index contributed by atoms with van der Waals surface area (Å²) in [4.78, 5) is 11.4. The largest absolute Gasteiger partial charge is 0.494 e. The summed E-state index contributed by atoms with van der Waals surface area (Å²) in [7, 11) is 1.34. The third-order valence-electron chi connectivity index (χ3n) is 3.90. The summed E-state index contributed by atoms with van der Waals surface area (Å²) in [5.74, 6) is 1.11. The summed E-state index contributed by atoms with van der Waals surface area (Å²) < 4.78 is 10.4. The number of ether oxygens (including phenoxy) is 2. The molecule has 124 valence electrons. The van der Waals surface area contributed by atoms with E-state index in [0.29, 0.717) is 22.9 Å². The van der Waals surface area contributed by atoms with Crippen LogP contribution >= 0.6 is 11.6 Å². The fourth-order valence-electron chi connectivity index (χ4n) is 2.55. The Morgan fingerprint density at radius 1 is 1.23 bits per heavy atom. The molecular weight excluding hydrogens is 300 g/mol. The van der Waals surface area contributed by atoms with Gasteiger partial charge in [-0.05, 0) is 37.0 Å². The maximum Gasteiger partial charge on any atom is 0.339 e. The maximum atomic E-state index is 11.4. The molecule has 3 nitrogen and oxygen atoms in total. The molecule has 0 amide bonds. The van der Waals surface area contributed by atoms with Crippen molar-refractivity contribution in [3.63, 3.8) is 0 Å². The SMILES string of the molecule is CCCC(CC)CCCCOc1ccc(C(=O)OC)c(Cl)c1. The predicted molar refractivity (Wildman–Crippen MR) is 90.8 cm³/mol. The normalized spacial score (nSPS) is 12.0. The molecule has 1 aromatic carbocycles. The lowest BCUT2D eigenvalue weighted by Gasteiger charge is -2.13. The van der Waals surface area contributed by atoms with Gasteiger partial charge in [-0.1, -0.05) is 51.1 Å². The smallest absolute Gasteiger partial charge is 0.339 e. The van der Waals surface area contributed by atoms with Crippen LogP contribution in [0.4, 0.5) is 0 Å². The first-order chi connectivity index (χ1) is 10.6. The van der Waals surface area contributed by atoms with E-state index in [2.05, 4.69) is 18.6 Å². The van der Waals surface area contributed by atoms with Crippen molar-refractivity contribution in [1.29, 1.82) is 0 Å². The Morgan fingerprint density at radius 3 is 2.59 bits per heavy atom. The Balaban J connectivity index is 2.33. The second kappa shape index (κ2) is 10.5. The lowest BCUT2D eigenvalue weighted by molar-refractivity contribution is 0.0601. The van der Waals surface area contributed by atoms with E-state index in [4.69, 9.17) is 16.3 Å². The van der Waals surface area contributed by atoms with E-state index in [1.165, 1.54) is 39.2 Å². The Bertz CT molecular complexity index is 460. The fourth-order valence-corrected chi connectivity index (χ4v) is 2.79. The van der Waals surface area contributed by atoms with E-state index in [0.717, 1.165) is 12.3 Å². The number of methoxy groups -OCH3 is 1. The van der Waals surface area contributed by atoms with Crippen LogP contribution < -0.4 is 4.74 Å². The molecule has 0 saturated carbocycles. The summed E-state index contributed by atoms with van der Waals surface area (Å²) in [5.41, 5.74) is 0.363. The highest BCUT2D eigenvalue weighted by molar-refractivity contribution is 6.33. The van der Waals surface area contributed by atoms with Crippen LogP contribution in [0.1, 0.15) is 62.7 Å². The van der Waals surface area contributed by atoms with Crippen LogP contribution in [-0.2, 0) is 4.74 Å². The zero-order valence-electron chi connectivity index (χ0n) is 13.9. The Hall–Kier alpha value is -1.22. The number of carbonyl (C=O) groups is 1. The highest BCUT2D eigenvalue weighted by Gasteiger charge is 2.11. The molecule has 4 heteroatoms. The minimum Gasteiger partial charge on any atom is -0.494 e. The molecule has 0 saturated heterocycles. The van der Waals surface area contributed by atoms with Crippen molar-refractivity contribution in [2.75, 3.05) is 13.7 Å². The lowest BCUT2D eigenvalue weighted by atomic mass is 9.95. The van der Waals surface area contributed by atoms with Gasteiger partial charge in [-0.25, -0.2) is 4.79 Å². The molecule has 0 N–H and O–H groups in total. The van der Waals surface area contributed by atoms with Crippen LogP contribution in [-0.4, -0.2) is 19.7 Å². The summed E-state index contributed by atoms with van der Waals surface area (Å²) in [6, 6.07) is 5.06. The van der Waals surface area contributed by atoms with Gasteiger partial charge in [0.15, 0.2) is 0 Å². The topological polar surface area (TPSA) is 35.5 Å². The average molecular weight is 327 g/mol. The quantitative estimate of drug-likeness (QED) is 0.420. The van der Waals surface area contributed by atoms with Gasteiger partial charge < -0.3 is 9.47 Å². The predicted octanol–water partition coefficient (Wildman–Crippen LogP) is 5.50. The number of carbonyl (C=O) groups excluding carboxylic acids is 1.